The minimum atomic E-state index is -3.37. The Hall–Kier alpha value is -2.71. The van der Waals surface area contributed by atoms with Crippen molar-refractivity contribution in [2.75, 3.05) is 25.2 Å². The average molecular weight is 402 g/mol. The third-order valence-electron chi connectivity index (χ3n) is 4.71. The minimum absolute atomic E-state index is 0.0167. The zero-order valence-electron chi connectivity index (χ0n) is 15.7. The van der Waals surface area contributed by atoms with E-state index >= 15 is 0 Å². The zero-order chi connectivity index (χ0) is 20.3. The molecular weight excluding hydrogens is 380 g/mol. The van der Waals surface area contributed by atoms with Gasteiger partial charge in [-0.05, 0) is 35.7 Å². The summed E-state index contributed by atoms with van der Waals surface area (Å²) in [6, 6.07) is 13.3. The van der Waals surface area contributed by atoms with Gasteiger partial charge in [0.05, 0.1) is 18.6 Å². The number of nitrogens with zero attached hydrogens (tertiary/aromatic N) is 1. The van der Waals surface area contributed by atoms with Gasteiger partial charge >= 0.3 is 5.97 Å². The number of ether oxygens (including phenoxy) is 1. The summed E-state index contributed by atoms with van der Waals surface area (Å²) >= 11 is 0. The van der Waals surface area contributed by atoms with Gasteiger partial charge in [-0.25, -0.2) is 8.42 Å². The number of methoxy groups -OCH3 is 1. The molecule has 1 aliphatic heterocycles. The lowest BCUT2D eigenvalue weighted by atomic mass is 9.94. The second-order valence-corrected chi connectivity index (χ2v) is 8.78. The quantitative estimate of drug-likeness (QED) is 0.764. The fourth-order valence-corrected chi connectivity index (χ4v) is 3.97. The Balaban J connectivity index is 1.76. The molecule has 0 saturated carbocycles. The lowest BCUT2D eigenvalue weighted by Gasteiger charge is -2.34. The van der Waals surface area contributed by atoms with Crippen molar-refractivity contribution in [2.24, 2.45) is 0 Å². The molecule has 3 rings (SSSR count). The maximum absolute atomic E-state index is 12.6. The lowest BCUT2D eigenvalue weighted by molar-refractivity contribution is -0.148. The molecule has 2 aromatic rings. The summed E-state index contributed by atoms with van der Waals surface area (Å²) in [5.41, 5.74) is 2.52. The third kappa shape index (κ3) is 4.58. The number of carbonyl (C=O) groups is 2. The Bertz CT molecular complexity index is 1000. The molecule has 0 fully saturated rings. The molecule has 1 atom stereocenters. The molecule has 1 amide bonds. The topological polar surface area (TPSA) is 92.8 Å². The summed E-state index contributed by atoms with van der Waals surface area (Å²) in [5.74, 6) is -0.722. The first-order chi connectivity index (χ1) is 13.3. The van der Waals surface area contributed by atoms with Gasteiger partial charge in [-0.1, -0.05) is 30.3 Å². The molecule has 8 heteroatoms. The molecule has 7 nitrogen and oxygen atoms in total. The molecule has 0 unspecified atom stereocenters. The Labute approximate surface area is 164 Å². The number of amides is 1. The van der Waals surface area contributed by atoms with Crippen LogP contribution in [0.25, 0.3) is 0 Å². The van der Waals surface area contributed by atoms with Crippen LogP contribution in [0.5, 0.6) is 0 Å². The molecule has 148 valence electrons. The van der Waals surface area contributed by atoms with Crippen LogP contribution in [0.15, 0.2) is 53.4 Å². The van der Waals surface area contributed by atoms with E-state index in [2.05, 4.69) is 5.32 Å². The standard InChI is InChI=1S/C20H22N2O5S/c1-27-20(24)18-10-14-6-3-4-7-15(14)12-22(18)13-19(23)21-16-8-5-9-17(11-16)28(2,25)26/h3-9,11,18H,10,12-13H2,1-2H3,(H,21,23)/t18-/m1/s1. The van der Waals surface area contributed by atoms with Crippen LogP contribution in [0.4, 0.5) is 5.69 Å². The van der Waals surface area contributed by atoms with Gasteiger partial charge in [0, 0.05) is 18.5 Å². The Morgan fingerprint density at radius 3 is 2.54 bits per heavy atom. The second-order valence-electron chi connectivity index (χ2n) is 6.76. The fourth-order valence-electron chi connectivity index (χ4n) is 3.30. The van der Waals surface area contributed by atoms with E-state index in [-0.39, 0.29) is 23.3 Å². The maximum atomic E-state index is 12.6. The molecular formula is C20H22N2O5S. The van der Waals surface area contributed by atoms with E-state index in [9.17, 15) is 18.0 Å². The molecule has 1 N–H and O–H groups in total. The van der Waals surface area contributed by atoms with E-state index in [1.165, 1.54) is 19.2 Å². The molecule has 28 heavy (non-hydrogen) atoms. The smallest absolute Gasteiger partial charge is 0.323 e. The van der Waals surface area contributed by atoms with Crippen molar-refractivity contribution in [3.05, 3.63) is 59.7 Å². The van der Waals surface area contributed by atoms with Gasteiger partial charge in [0.2, 0.25) is 5.91 Å². The van der Waals surface area contributed by atoms with Crippen LogP contribution in [0, 0.1) is 0 Å². The molecule has 0 radical (unpaired) electrons. The Kier molecular flexibility index (Phi) is 5.81. The van der Waals surface area contributed by atoms with E-state index in [0.29, 0.717) is 18.7 Å². The predicted octanol–water partition coefficient (Wildman–Crippen LogP) is 1.63. The largest absolute Gasteiger partial charge is 0.468 e. The highest BCUT2D eigenvalue weighted by atomic mass is 32.2. The monoisotopic (exact) mass is 402 g/mol. The number of nitrogens with one attached hydrogen (secondary N) is 1. The van der Waals surface area contributed by atoms with Crippen molar-refractivity contribution in [1.29, 1.82) is 0 Å². The first-order valence-electron chi connectivity index (χ1n) is 8.76. The van der Waals surface area contributed by atoms with Gasteiger partial charge in [0.15, 0.2) is 9.84 Å². The number of hydrogen-bond acceptors (Lipinski definition) is 6. The molecule has 0 spiro atoms. The second kappa shape index (κ2) is 8.12. The fraction of sp³-hybridized carbons (Fsp3) is 0.300. The molecule has 0 aliphatic carbocycles. The van der Waals surface area contributed by atoms with Crippen molar-refractivity contribution >= 4 is 27.4 Å². The van der Waals surface area contributed by atoms with Crippen LogP contribution in [0.2, 0.25) is 0 Å². The van der Waals surface area contributed by atoms with Crippen molar-refractivity contribution in [1.82, 2.24) is 4.90 Å². The van der Waals surface area contributed by atoms with E-state index in [1.807, 2.05) is 24.3 Å². The number of carbonyl (C=O) groups excluding carboxylic acids is 2. The summed E-state index contributed by atoms with van der Waals surface area (Å²) in [7, 11) is -2.04. The normalized spacial score (nSPS) is 16.9. The first kappa shape index (κ1) is 20.0. The van der Waals surface area contributed by atoms with Gasteiger partial charge in [-0.15, -0.1) is 0 Å². The van der Waals surface area contributed by atoms with Gasteiger partial charge < -0.3 is 10.1 Å². The number of benzene rings is 2. The molecule has 2 aromatic carbocycles. The molecule has 0 saturated heterocycles. The molecule has 1 aliphatic rings. The number of fused-ring (bicyclic) bond motifs is 1. The van der Waals surface area contributed by atoms with E-state index in [4.69, 9.17) is 4.74 Å². The SMILES string of the molecule is COC(=O)[C@H]1Cc2ccccc2CN1CC(=O)Nc1cccc(S(C)(=O)=O)c1. The summed E-state index contributed by atoms with van der Waals surface area (Å²) in [5, 5.41) is 2.71. The van der Waals surface area contributed by atoms with Crippen LogP contribution in [0.1, 0.15) is 11.1 Å². The first-order valence-corrected chi connectivity index (χ1v) is 10.7. The highest BCUT2D eigenvalue weighted by molar-refractivity contribution is 7.90. The van der Waals surface area contributed by atoms with Gasteiger partial charge in [-0.2, -0.15) is 0 Å². The minimum Gasteiger partial charge on any atom is -0.468 e. The zero-order valence-corrected chi connectivity index (χ0v) is 16.5. The predicted molar refractivity (Wildman–Crippen MR) is 105 cm³/mol. The molecule has 1 heterocycles. The lowest BCUT2D eigenvalue weighted by Crippen LogP contribution is -2.49. The van der Waals surface area contributed by atoms with Crippen molar-refractivity contribution < 1.29 is 22.7 Å². The van der Waals surface area contributed by atoms with Crippen LogP contribution >= 0.6 is 0 Å². The summed E-state index contributed by atoms with van der Waals surface area (Å²) in [6.45, 7) is 0.434. The molecule has 0 aromatic heterocycles. The number of hydrogen-bond donors (Lipinski definition) is 1. The number of esters is 1. The van der Waals surface area contributed by atoms with Gasteiger partial charge in [0.1, 0.15) is 6.04 Å². The number of sulfone groups is 1. The van der Waals surface area contributed by atoms with Crippen molar-refractivity contribution in [3.63, 3.8) is 0 Å². The Morgan fingerprint density at radius 2 is 1.86 bits per heavy atom. The molecule has 0 bridgehead atoms. The summed E-state index contributed by atoms with van der Waals surface area (Å²) in [4.78, 5) is 26.7. The maximum Gasteiger partial charge on any atom is 0.323 e. The van der Waals surface area contributed by atoms with Crippen molar-refractivity contribution in [3.8, 4) is 0 Å². The number of anilines is 1. The van der Waals surface area contributed by atoms with Crippen molar-refractivity contribution in [2.45, 2.75) is 23.9 Å². The van der Waals surface area contributed by atoms with Crippen LogP contribution in [-0.2, 0) is 37.1 Å². The van der Waals surface area contributed by atoms with Gasteiger partial charge in [0.25, 0.3) is 0 Å². The third-order valence-corrected chi connectivity index (χ3v) is 5.82. The van der Waals surface area contributed by atoms with E-state index in [0.717, 1.165) is 17.4 Å². The van der Waals surface area contributed by atoms with E-state index < -0.39 is 15.9 Å². The average Bonchev–Trinajstić information content (AvgIpc) is 2.66. The van der Waals surface area contributed by atoms with Crippen LogP contribution in [-0.4, -0.2) is 51.1 Å². The highest BCUT2D eigenvalue weighted by Gasteiger charge is 2.33. The van der Waals surface area contributed by atoms with Gasteiger partial charge in [-0.3, -0.25) is 14.5 Å². The summed E-state index contributed by atoms with van der Waals surface area (Å²) < 4.78 is 28.3. The van der Waals surface area contributed by atoms with E-state index in [1.54, 1.807) is 17.0 Å². The van der Waals surface area contributed by atoms with Crippen LogP contribution < -0.4 is 5.32 Å². The van der Waals surface area contributed by atoms with Crippen LogP contribution in [0.3, 0.4) is 0 Å². The number of rotatable bonds is 5. The Morgan fingerprint density at radius 1 is 1.14 bits per heavy atom. The summed E-state index contributed by atoms with van der Waals surface area (Å²) in [6.07, 6.45) is 1.58. The highest BCUT2D eigenvalue weighted by Crippen LogP contribution is 2.24.